The van der Waals surface area contributed by atoms with E-state index in [1.54, 1.807) is 0 Å². The van der Waals surface area contributed by atoms with Crippen LogP contribution < -0.4 is 0 Å². The highest BCUT2D eigenvalue weighted by atomic mass is 16.7. The Labute approximate surface area is 190 Å². The number of phenols is 6. The molecule has 1 fully saturated rings. The molecule has 2 aromatic carbocycles. The van der Waals surface area contributed by atoms with E-state index >= 15 is 0 Å². The number of fused-ring (bicyclic) bond motifs is 1. The summed E-state index contributed by atoms with van der Waals surface area (Å²) in [6.07, 6.45) is -8.16. The SMILES string of the molecule is OC[C@H]1O[C@@H](OC2=Cc3c(cc(O)c(O)c3O)[OH+]C2c2cc(O)c(O)c(O)c2)[C@H](O)[C@@H](O)[C@@H]1O. The molecule has 34 heavy (non-hydrogen) atoms. The molecule has 4 rings (SSSR count). The van der Waals surface area contributed by atoms with E-state index in [0.29, 0.717) is 0 Å². The van der Waals surface area contributed by atoms with Crippen LogP contribution in [0.15, 0.2) is 24.0 Å². The molecule has 1 unspecified atom stereocenters. The molecule has 184 valence electrons. The van der Waals surface area contributed by atoms with Crippen LogP contribution in [0.5, 0.6) is 40.2 Å². The second-order valence-electron chi connectivity index (χ2n) is 7.83. The Morgan fingerprint density at radius 2 is 1.41 bits per heavy atom. The summed E-state index contributed by atoms with van der Waals surface area (Å²) in [4.78, 5) is 0. The predicted octanol–water partition coefficient (Wildman–Crippen LogP) is -0.926. The van der Waals surface area contributed by atoms with Crippen molar-refractivity contribution in [1.82, 2.24) is 0 Å². The Balaban J connectivity index is 1.79. The molecule has 0 saturated carbocycles. The number of hydrogen-bond donors (Lipinski definition) is 10. The molecule has 13 heteroatoms. The first-order valence-electron chi connectivity index (χ1n) is 9.95. The van der Waals surface area contributed by atoms with Crippen LogP contribution in [0.1, 0.15) is 17.2 Å². The van der Waals surface area contributed by atoms with Crippen molar-refractivity contribution < 1.29 is 65.3 Å². The van der Waals surface area contributed by atoms with Gasteiger partial charge in [-0.3, -0.25) is 0 Å². The first kappa shape index (κ1) is 23.5. The number of ether oxygens (including phenoxy) is 3. The molecule has 1 saturated heterocycles. The number of aliphatic hydroxyl groups excluding tert-OH is 4. The minimum Gasteiger partial charge on any atom is -0.571 e. The lowest BCUT2D eigenvalue weighted by atomic mass is 9.98. The van der Waals surface area contributed by atoms with Gasteiger partial charge in [-0.05, 0) is 12.1 Å². The number of aromatic hydroxyl groups is 7. The fraction of sp³-hybridized carbons (Fsp3) is 0.333. The van der Waals surface area contributed by atoms with Gasteiger partial charge in [0.15, 0.2) is 34.5 Å². The van der Waals surface area contributed by atoms with Gasteiger partial charge in [-0.2, -0.15) is 0 Å². The second kappa shape index (κ2) is 8.62. The zero-order valence-corrected chi connectivity index (χ0v) is 17.2. The lowest BCUT2D eigenvalue weighted by Gasteiger charge is -2.40. The van der Waals surface area contributed by atoms with Crippen molar-refractivity contribution in [3.05, 3.63) is 35.1 Å². The van der Waals surface area contributed by atoms with Crippen LogP contribution in [0.2, 0.25) is 0 Å². The van der Waals surface area contributed by atoms with Gasteiger partial charge in [-0.25, -0.2) is 0 Å². The minimum absolute atomic E-state index is 0.0222. The van der Waals surface area contributed by atoms with E-state index in [9.17, 15) is 51.1 Å². The second-order valence-corrected chi connectivity index (χ2v) is 7.83. The van der Waals surface area contributed by atoms with E-state index in [1.807, 2.05) is 0 Å². The molecule has 2 aromatic rings. The quantitative estimate of drug-likeness (QED) is 0.144. The fourth-order valence-electron chi connectivity index (χ4n) is 3.74. The van der Waals surface area contributed by atoms with Crippen LogP contribution in [-0.2, 0) is 9.47 Å². The number of phenolic OH excluding ortho intramolecular Hbond substituents is 6. The average molecular weight is 483 g/mol. The Morgan fingerprint density at radius 3 is 2.03 bits per heavy atom. The number of rotatable bonds is 4. The van der Waals surface area contributed by atoms with Crippen molar-refractivity contribution in [2.45, 2.75) is 36.8 Å². The Kier molecular flexibility index (Phi) is 5.97. The first-order valence-corrected chi connectivity index (χ1v) is 9.95. The van der Waals surface area contributed by atoms with Crippen molar-refractivity contribution in [3.8, 4) is 40.2 Å². The molecule has 0 radical (unpaired) electrons. The number of benzene rings is 2. The normalized spacial score (nSPS) is 28.5. The maximum atomic E-state index is 10.3. The van der Waals surface area contributed by atoms with Crippen molar-refractivity contribution in [1.29, 1.82) is 0 Å². The smallest absolute Gasteiger partial charge is 0.270 e. The summed E-state index contributed by atoms with van der Waals surface area (Å²) in [6.45, 7) is -0.714. The summed E-state index contributed by atoms with van der Waals surface area (Å²) < 4.78 is 15.3. The van der Waals surface area contributed by atoms with Crippen LogP contribution in [-0.4, -0.2) is 93.1 Å². The number of hydrogen-bond acceptors (Lipinski definition) is 12. The largest absolute Gasteiger partial charge is 0.571 e. The molecule has 2 aliphatic heterocycles. The molecule has 13 nitrogen and oxygen atoms in total. The summed E-state index contributed by atoms with van der Waals surface area (Å²) in [7, 11) is 0. The van der Waals surface area contributed by atoms with E-state index in [-0.39, 0.29) is 22.6 Å². The first-order chi connectivity index (χ1) is 16.0. The van der Waals surface area contributed by atoms with E-state index in [0.717, 1.165) is 18.2 Å². The molecule has 0 bridgehead atoms. The lowest BCUT2D eigenvalue weighted by Crippen LogP contribution is -2.59. The van der Waals surface area contributed by atoms with Gasteiger partial charge in [0.25, 0.3) is 11.9 Å². The predicted molar refractivity (Wildman–Crippen MR) is 110 cm³/mol. The highest BCUT2D eigenvalue weighted by molar-refractivity contribution is 5.73. The minimum atomic E-state index is -1.79. The monoisotopic (exact) mass is 483 g/mol. The lowest BCUT2D eigenvalue weighted by molar-refractivity contribution is -0.295. The average Bonchev–Trinajstić information content (AvgIpc) is 2.81. The van der Waals surface area contributed by atoms with Gasteiger partial charge in [-0.15, -0.1) is 0 Å². The van der Waals surface area contributed by atoms with Gasteiger partial charge >= 0.3 is 0 Å². The fourth-order valence-corrected chi connectivity index (χ4v) is 3.74. The summed E-state index contributed by atoms with van der Waals surface area (Å²) in [5.41, 5.74) is -0.0419. The third kappa shape index (κ3) is 3.85. The third-order valence-corrected chi connectivity index (χ3v) is 5.60. The molecule has 0 spiro atoms. The van der Waals surface area contributed by atoms with Gasteiger partial charge in [0.05, 0.1) is 18.2 Å². The Hall–Kier alpha value is -3.62. The van der Waals surface area contributed by atoms with Gasteiger partial charge in [0.1, 0.15) is 30.0 Å². The van der Waals surface area contributed by atoms with E-state index in [1.165, 1.54) is 6.08 Å². The molecule has 2 heterocycles. The van der Waals surface area contributed by atoms with Gasteiger partial charge in [0.2, 0.25) is 12.0 Å². The molecular weight excluding hydrogens is 460 g/mol. The van der Waals surface area contributed by atoms with Crippen molar-refractivity contribution >= 4 is 6.08 Å². The highest BCUT2D eigenvalue weighted by Gasteiger charge is 2.46. The summed E-state index contributed by atoms with van der Waals surface area (Å²) in [6, 6.07) is 3.15. The highest BCUT2D eigenvalue weighted by Crippen LogP contribution is 2.51. The Morgan fingerprint density at radius 1 is 0.794 bits per heavy atom. The maximum Gasteiger partial charge on any atom is 0.270 e. The van der Waals surface area contributed by atoms with E-state index in [4.69, 9.17) is 9.47 Å². The molecule has 2 aliphatic rings. The molecular formula is C21H23O13+. The summed E-state index contributed by atoms with van der Waals surface area (Å²) >= 11 is 0. The number of aliphatic hydroxyl groups is 5. The van der Waals surface area contributed by atoms with Crippen molar-refractivity contribution in [2.75, 3.05) is 6.61 Å². The summed E-state index contributed by atoms with van der Waals surface area (Å²) in [5, 5.41) is 99.3. The molecule has 6 atom stereocenters. The topological polar surface area (TPSA) is 234 Å². The Bertz CT molecular complexity index is 1110. The van der Waals surface area contributed by atoms with Crippen LogP contribution in [0.3, 0.4) is 0 Å². The van der Waals surface area contributed by atoms with Crippen molar-refractivity contribution in [2.24, 2.45) is 0 Å². The molecule has 0 aliphatic carbocycles. The van der Waals surface area contributed by atoms with Gasteiger partial charge in [0, 0.05) is 6.08 Å². The third-order valence-electron chi connectivity index (χ3n) is 5.60. The summed E-state index contributed by atoms with van der Waals surface area (Å²) in [5.74, 6) is -4.66. The molecule has 0 amide bonds. The van der Waals surface area contributed by atoms with E-state index in [2.05, 4.69) is 4.74 Å². The molecule has 0 aromatic heterocycles. The van der Waals surface area contributed by atoms with Crippen LogP contribution >= 0.6 is 0 Å². The van der Waals surface area contributed by atoms with Gasteiger partial charge in [-0.1, -0.05) is 0 Å². The maximum absolute atomic E-state index is 10.3. The van der Waals surface area contributed by atoms with Crippen LogP contribution in [0.4, 0.5) is 0 Å². The van der Waals surface area contributed by atoms with Crippen LogP contribution in [0.25, 0.3) is 6.08 Å². The zero-order chi connectivity index (χ0) is 24.9. The van der Waals surface area contributed by atoms with Gasteiger partial charge < -0.3 is 65.3 Å². The zero-order valence-electron chi connectivity index (χ0n) is 17.2. The molecule has 11 N–H and O–H groups in total. The standard InChI is InChI=1S/C21H22O13/c22-5-13-17(29)18(30)19(31)21(34-13)33-12-3-7-11(4-10(25)16(28)14(7)26)32-20(12)6-1-8(23)15(27)9(24)2-6/h1-4,13,17-31H,5H2/p+1/t13-,17-,18+,19-,20?,21-/m1/s1. The van der Waals surface area contributed by atoms with Crippen molar-refractivity contribution in [3.63, 3.8) is 0 Å². The van der Waals surface area contributed by atoms with E-state index < -0.39 is 77.9 Å². The van der Waals surface area contributed by atoms with Crippen LogP contribution in [0, 0.1) is 0 Å².